The number of hydrogen-bond donors (Lipinski definition) is 1. The van der Waals surface area contributed by atoms with Gasteiger partial charge in [0.25, 0.3) is 0 Å². The van der Waals surface area contributed by atoms with Gasteiger partial charge in [-0.3, -0.25) is 4.79 Å². The molecule has 180 valence electrons. The Labute approximate surface area is 195 Å². The smallest absolute Gasteiger partial charge is 0.243 e. The minimum absolute atomic E-state index is 0.0664. The Balaban J connectivity index is 1.54. The first-order valence-electron chi connectivity index (χ1n) is 11.2. The van der Waals surface area contributed by atoms with Gasteiger partial charge in [0.2, 0.25) is 15.9 Å². The number of methoxy groups -OCH3 is 1. The van der Waals surface area contributed by atoms with Gasteiger partial charge < -0.3 is 19.5 Å². The molecule has 1 fully saturated rings. The zero-order chi connectivity index (χ0) is 23.8. The fraction of sp³-hybridized carbons (Fsp3) is 0.458. The van der Waals surface area contributed by atoms with Gasteiger partial charge >= 0.3 is 0 Å². The first kappa shape index (κ1) is 24.9. The maximum atomic E-state index is 12.9. The molecule has 0 atom stereocenters. The third-order valence-corrected chi connectivity index (χ3v) is 7.51. The van der Waals surface area contributed by atoms with Crippen LogP contribution in [0.5, 0.6) is 17.2 Å². The molecular weight excluding hydrogens is 444 g/mol. The van der Waals surface area contributed by atoms with Crippen LogP contribution >= 0.6 is 0 Å². The minimum Gasteiger partial charge on any atom is -0.497 e. The van der Waals surface area contributed by atoms with Crippen LogP contribution in [0.3, 0.4) is 0 Å². The highest BCUT2D eigenvalue weighted by Gasteiger charge is 2.32. The van der Waals surface area contributed by atoms with E-state index in [1.165, 1.54) is 11.4 Å². The molecule has 3 rings (SSSR count). The predicted octanol–water partition coefficient (Wildman–Crippen LogP) is 3.21. The lowest BCUT2D eigenvalue weighted by Gasteiger charge is -2.30. The summed E-state index contributed by atoms with van der Waals surface area (Å²) in [5.41, 5.74) is 0.912. The van der Waals surface area contributed by atoms with Crippen LogP contribution in [0.4, 0.5) is 0 Å². The average molecular weight is 477 g/mol. The van der Waals surface area contributed by atoms with E-state index in [2.05, 4.69) is 5.32 Å². The fourth-order valence-corrected chi connectivity index (χ4v) is 5.26. The minimum atomic E-state index is -3.59. The highest BCUT2D eigenvalue weighted by atomic mass is 32.2. The van der Waals surface area contributed by atoms with Crippen LogP contribution < -0.4 is 19.5 Å². The molecule has 0 aliphatic carbocycles. The number of nitrogens with one attached hydrogen (secondary N) is 1. The molecule has 0 spiro atoms. The lowest BCUT2D eigenvalue weighted by molar-refractivity contribution is -0.126. The van der Waals surface area contributed by atoms with Gasteiger partial charge in [0.15, 0.2) is 11.5 Å². The summed E-state index contributed by atoms with van der Waals surface area (Å²) in [7, 11) is -2.06. The van der Waals surface area contributed by atoms with Crippen LogP contribution in [0.25, 0.3) is 0 Å². The number of benzene rings is 2. The molecule has 1 N–H and O–H groups in total. The van der Waals surface area contributed by atoms with E-state index in [0.717, 1.165) is 5.56 Å². The molecule has 8 nitrogen and oxygen atoms in total. The van der Waals surface area contributed by atoms with Crippen LogP contribution in [-0.4, -0.2) is 52.0 Å². The number of amides is 1. The number of sulfonamides is 1. The molecule has 2 aromatic rings. The molecule has 9 heteroatoms. The zero-order valence-corrected chi connectivity index (χ0v) is 20.2. The van der Waals surface area contributed by atoms with Gasteiger partial charge in [0.05, 0.1) is 25.2 Å². The van der Waals surface area contributed by atoms with Crippen molar-refractivity contribution >= 4 is 15.9 Å². The largest absolute Gasteiger partial charge is 0.497 e. The molecule has 0 bridgehead atoms. The van der Waals surface area contributed by atoms with Gasteiger partial charge in [0, 0.05) is 25.6 Å². The predicted molar refractivity (Wildman–Crippen MR) is 125 cm³/mol. The van der Waals surface area contributed by atoms with Crippen molar-refractivity contribution in [2.24, 2.45) is 5.92 Å². The first-order valence-corrected chi connectivity index (χ1v) is 12.6. The number of nitrogens with zero attached hydrogens (tertiary/aromatic N) is 1. The zero-order valence-electron chi connectivity index (χ0n) is 19.4. The van der Waals surface area contributed by atoms with E-state index in [4.69, 9.17) is 14.2 Å². The summed E-state index contributed by atoms with van der Waals surface area (Å²) in [4.78, 5) is 12.9. The van der Waals surface area contributed by atoms with E-state index in [9.17, 15) is 13.2 Å². The van der Waals surface area contributed by atoms with Crippen LogP contribution in [0.1, 0.15) is 32.3 Å². The Hall–Kier alpha value is -2.78. The van der Waals surface area contributed by atoms with Crippen molar-refractivity contribution in [3.63, 3.8) is 0 Å². The molecule has 2 aromatic carbocycles. The average Bonchev–Trinajstić information content (AvgIpc) is 2.84. The maximum absolute atomic E-state index is 12.9. The summed E-state index contributed by atoms with van der Waals surface area (Å²) in [6.07, 6.45) is 0.962. The highest BCUT2D eigenvalue weighted by Crippen LogP contribution is 2.29. The van der Waals surface area contributed by atoms with Crippen molar-refractivity contribution in [1.82, 2.24) is 9.62 Å². The van der Waals surface area contributed by atoms with Gasteiger partial charge in [-0.15, -0.1) is 0 Å². The van der Waals surface area contributed by atoms with E-state index in [-0.39, 0.29) is 16.7 Å². The van der Waals surface area contributed by atoms with Gasteiger partial charge in [-0.1, -0.05) is 6.07 Å². The molecule has 1 heterocycles. The second-order valence-corrected chi connectivity index (χ2v) is 9.66. The monoisotopic (exact) mass is 476 g/mol. The molecule has 0 aromatic heterocycles. The summed E-state index contributed by atoms with van der Waals surface area (Å²) in [5, 5.41) is 2.97. The van der Waals surface area contributed by atoms with E-state index in [1.54, 1.807) is 24.3 Å². The van der Waals surface area contributed by atoms with Crippen molar-refractivity contribution in [2.75, 3.05) is 33.4 Å². The number of piperidine rings is 1. The summed E-state index contributed by atoms with van der Waals surface area (Å²) in [5.74, 6) is 1.65. The Bertz CT molecular complexity index is 1030. The van der Waals surface area contributed by atoms with E-state index in [1.807, 2.05) is 32.0 Å². The van der Waals surface area contributed by atoms with Crippen molar-refractivity contribution in [2.45, 2.75) is 38.1 Å². The molecule has 0 saturated carbocycles. The lowest BCUT2D eigenvalue weighted by Crippen LogP contribution is -2.42. The summed E-state index contributed by atoms with van der Waals surface area (Å²) in [6.45, 7) is 5.88. The standard InChI is InChI=1S/C24H32N2O6S/c1-4-31-22-11-6-18(16-23(22)32-5-2)17-25-24(27)19-12-14-26(15-13-19)33(28,29)21-9-7-20(30-3)8-10-21/h6-11,16,19H,4-5,12-15,17H2,1-3H3,(H,25,27). The number of carbonyl (C=O) groups excluding carboxylic acids is 1. The highest BCUT2D eigenvalue weighted by molar-refractivity contribution is 7.89. The number of ether oxygens (including phenoxy) is 3. The number of rotatable bonds is 10. The molecular formula is C24H32N2O6S. The number of hydrogen-bond acceptors (Lipinski definition) is 6. The van der Waals surface area contributed by atoms with Crippen molar-refractivity contribution in [3.8, 4) is 17.2 Å². The van der Waals surface area contributed by atoms with E-state index in [0.29, 0.717) is 62.9 Å². The molecule has 0 unspecified atom stereocenters. The third kappa shape index (κ3) is 6.17. The topological polar surface area (TPSA) is 94.2 Å². The Morgan fingerprint density at radius 1 is 1.00 bits per heavy atom. The summed E-state index contributed by atoms with van der Waals surface area (Å²) >= 11 is 0. The number of carbonyl (C=O) groups is 1. The Morgan fingerprint density at radius 3 is 2.24 bits per heavy atom. The van der Waals surface area contributed by atoms with Gasteiger partial charge in [0.1, 0.15) is 5.75 Å². The maximum Gasteiger partial charge on any atom is 0.243 e. The Morgan fingerprint density at radius 2 is 1.64 bits per heavy atom. The Kier molecular flexibility index (Phi) is 8.57. The van der Waals surface area contributed by atoms with Crippen molar-refractivity contribution in [3.05, 3.63) is 48.0 Å². The van der Waals surface area contributed by atoms with E-state index < -0.39 is 10.0 Å². The first-order chi connectivity index (χ1) is 15.9. The second kappa shape index (κ2) is 11.4. The van der Waals surface area contributed by atoms with Crippen molar-refractivity contribution < 1.29 is 27.4 Å². The van der Waals surface area contributed by atoms with E-state index >= 15 is 0 Å². The van der Waals surface area contributed by atoms with Crippen molar-refractivity contribution in [1.29, 1.82) is 0 Å². The van der Waals surface area contributed by atoms with Gasteiger partial charge in [-0.05, 0) is 68.7 Å². The van der Waals surface area contributed by atoms with Gasteiger partial charge in [-0.25, -0.2) is 8.42 Å². The lowest BCUT2D eigenvalue weighted by atomic mass is 9.97. The second-order valence-electron chi connectivity index (χ2n) is 7.72. The quantitative estimate of drug-likeness (QED) is 0.566. The molecule has 33 heavy (non-hydrogen) atoms. The molecule has 1 amide bonds. The fourth-order valence-electron chi connectivity index (χ4n) is 3.79. The molecule has 1 saturated heterocycles. The normalized spacial score (nSPS) is 15.1. The van der Waals surface area contributed by atoms with Crippen LogP contribution in [0.15, 0.2) is 47.4 Å². The molecule has 0 radical (unpaired) electrons. The van der Waals surface area contributed by atoms with Gasteiger partial charge in [-0.2, -0.15) is 4.31 Å². The summed E-state index contributed by atoms with van der Waals surface area (Å²) < 4.78 is 43.5. The van der Waals surface area contributed by atoms with Crippen LogP contribution in [-0.2, 0) is 21.4 Å². The van der Waals surface area contributed by atoms with Crippen LogP contribution in [0.2, 0.25) is 0 Å². The summed E-state index contributed by atoms with van der Waals surface area (Å²) in [6, 6.07) is 12.0. The SMILES string of the molecule is CCOc1ccc(CNC(=O)C2CCN(S(=O)(=O)c3ccc(OC)cc3)CC2)cc1OCC. The molecule has 1 aliphatic rings. The third-order valence-electron chi connectivity index (χ3n) is 5.60. The van der Waals surface area contributed by atoms with Crippen LogP contribution in [0, 0.1) is 5.92 Å². The molecule has 1 aliphatic heterocycles.